The Balaban J connectivity index is 1.48. The number of fused-ring (bicyclic) bond motifs is 1. The lowest BCUT2D eigenvalue weighted by Gasteiger charge is -2.07. The summed E-state index contributed by atoms with van der Waals surface area (Å²) in [5.74, 6) is 0.524. The van der Waals surface area contributed by atoms with E-state index in [-0.39, 0.29) is 5.91 Å². The zero-order chi connectivity index (χ0) is 15.4. The molecule has 22 heavy (non-hydrogen) atoms. The number of nitrogens with one attached hydrogen (secondary N) is 2. The van der Waals surface area contributed by atoms with E-state index in [0.717, 1.165) is 4.47 Å². The Hall–Kier alpha value is -2.55. The number of anilines is 1. The van der Waals surface area contributed by atoms with Gasteiger partial charge in [0.2, 0.25) is 0 Å². The Kier molecular flexibility index (Phi) is 4.24. The summed E-state index contributed by atoms with van der Waals surface area (Å²) >= 11 is 3.33. The molecule has 0 aliphatic rings. The third-order valence-corrected chi connectivity index (χ3v) is 3.42. The van der Waals surface area contributed by atoms with E-state index in [0.29, 0.717) is 30.1 Å². The summed E-state index contributed by atoms with van der Waals surface area (Å²) in [6.07, 6.45) is 0. The molecule has 3 rings (SSSR count). The van der Waals surface area contributed by atoms with Crippen molar-refractivity contribution >= 4 is 33.3 Å². The number of hydrogen-bond donors (Lipinski definition) is 2. The molecule has 2 heterocycles. The molecule has 0 saturated carbocycles. The molecule has 9 heteroatoms. The fraction of sp³-hybridized carbons (Fsp3) is 0.154. The van der Waals surface area contributed by atoms with Crippen molar-refractivity contribution < 1.29 is 4.79 Å². The fourth-order valence-electron chi connectivity index (χ4n) is 1.81. The topological polar surface area (TPSA) is 97.1 Å². The highest BCUT2D eigenvalue weighted by Crippen LogP contribution is 2.10. The van der Waals surface area contributed by atoms with E-state index in [2.05, 4.69) is 47.2 Å². The highest BCUT2D eigenvalue weighted by molar-refractivity contribution is 9.10. The monoisotopic (exact) mass is 361 g/mol. The average Bonchev–Trinajstić information content (AvgIpc) is 2.99. The minimum atomic E-state index is -0.113. The second-order valence-corrected chi connectivity index (χ2v) is 5.35. The Morgan fingerprint density at radius 2 is 1.95 bits per heavy atom. The predicted octanol–water partition coefficient (Wildman–Crippen LogP) is 1.12. The first-order valence-electron chi connectivity index (χ1n) is 6.55. The molecule has 0 radical (unpaired) electrons. The molecule has 3 aromatic rings. The Labute approximate surface area is 134 Å². The largest absolute Gasteiger partial charge is 0.367 e. The second kappa shape index (κ2) is 6.48. The number of rotatable bonds is 5. The molecule has 2 N–H and O–H groups in total. The highest BCUT2D eigenvalue weighted by atomic mass is 79.9. The maximum absolute atomic E-state index is 11.9. The molecule has 0 fully saturated rings. The van der Waals surface area contributed by atoms with Crippen LogP contribution in [0.15, 0.2) is 40.9 Å². The van der Waals surface area contributed by atoms with Gasteiger partial charge in [0.25, 0.3) is 5.91 Å². The van der Waals surface area contributed by atoms with Gasteiger partial charge in [-0.15, -0.1) is 14.8 Å². The van der Waals surface area contributed by atoms with Crippen LogP contribution in [0, 0.1) is 0 Å². The molecule has 1 aromatic carbocycles. The molecule has 0 bridgehead atoms. The maximum Gasteiger partial charge on any atom is 0.251 e. The number of amides is 1. The van der Waals surface area contributed by atoms with Crippen molar-refractivity contribution in [3.8, 4) is 0 Å². The van der Waals surface area contributed by atoms with Crippen LogP contribution < -0.4 is 10.6 Å². The number of carbonyl (C=O) groups is 1. The summed E-state index contributed by atoms with van der Waals surface area (Å²) in [7, 11) is 0. The molecule has 0 aliphatic heterocycles. The van der Waals surface area contributed by atoms with E-state index in [1.54, 1.807) is 24.3 Å². The third-order valence-electron chi connectivity index (χ3n) is 2.89. The normalized spacial score (nSPS) is 10.6. The average molecular weight is 362 g/mol. The fourth-order valence-corrected chi connectivity index (χ4v) is 2.08. The summed E-state index contributed by atoms with van der Waals surface area (Å²) in [5.41, 5.74) is 1.20. The molecular weight excluding hydrogens is 350 g/mol. The van der Waals surface area contributed by atoms with Crippen molar-refractivity contribution in [2.45, 2.75) is 0 Å². The van der Waals surface area contributed by atoms with Crippen LogP contribution in [0.5, 0.6) is 0 Å². The van der Waals surface area contributed by atoms with Gasteiger partial charge in [-0.3, -0.25) is 4.79 Å². The van der Waals surface area contributed by atoms with E-state index >= 15 is 0 Å². The lowest BCUT2D eigenvalue weighted by molar-refractivity contribution is 0.0955. The molecule has 0 spiro atoms. The number of tetrazole rings is 1. The van der Waals surface area contributed by atoms with Crippen LogP contribution in [0.4, 0.5) is 5.82 Å². The number of halogens is 1. The van der Waals surface area contributed by atoms with Crippen LogP contribution in [0.1, 0.15) is 10.4 Å². The number of nitrogens with zero attached hydrogens (tertiary/aromatic N) is 5. The highest BCUT2D eigenvalue weighted by Gasteiger charge is 2.04. The van der Waals surface area contributed by atoms with E-state index in [4.69, 9.17) is 0 Å². The van der Waals surface area contributed by atoms with Gasteiger partial charge in [-0.05, 0) is 46.8 Å². The van der Waals surface area contributed by atoms with Gasteiger partial charge in [0, 0.05) is 23.1 Å². The van der Waals surface area contributed by atoms with Gasteiger partial charge in [-0.25, -0.2) is 0 Å². The Bertz CT molecular complexity index is 786. The minimum Gasteiger partial charge on any atom is -0.367 e. The molecule has 0 unspecified atom stereocenters. The predicted molar refractivity (Wildman–Crippen MR) is 83.5 cm³/mol. The standard InChI is InChI=1S/C13H12BrN7O/c14-10-3-1-9(2-4-10)13(22)16-8-7-15-11-5-6-12-17-19-20-21(12)18-11/h1-6H,7-8H2,(H,15,18)(H,16,22). The van der Waals surface area contributed by atoms with Gasteiger partial charge in [0.15, 0.2) is 5.65 Å². The molecular formula is C13H12BrN7O. The van der Waals surface area contributed by atoms with Crippen LogP contribution >= 0.6 is 15.9 Å². The number of carbonyl (C=O) groups excluding carboxylic acids is 1. The van der Waals surface area contributed by atoms with Gasteiger partial charge in [0.05, 0.1) is 0 Å². The van der Waals surface area contributed by atoms with Crippen molar-refractivity contribution in [2.75, 3.05) is 18.4 Å². The summed E-state index contributed by atoms with van der Waals surface area (Å²) in [5, 5.41) is 21.1. The van der Waals surface area contributed by atoms with Crippen molar-refractivity contribution in [2.24, 2.45) is 0 Å². The molecule has 2 aromatic heterocycles. The van der Waals surface area contributed by atoms with Gasteiger partial charge in [0.1, 0.15) is 5.82 Å². The Morgan fingerprint density at radius 3 is 2.77 bits per heavy atom. The SMILES string of the molecule is O=C(NCCNc1ccc2nnnn2n1)c1ccc(Br)cc1. The van der Waals surface area contributed by atoms with Crippen molar-refractivity contribution in [1.82, 2.24) is 30.6 Å². The van der Waals surface area contributed by atoms with Crippen LogP contribution in [-0.2, 0) is 0 Å². The van der Waals surface area contributed by atoms with E-state index in [9.17, 15) is 4.79 Å². The summed E-state index contributed by atoms with van der Waals surface area (Å²) in [4.78, 5) is 11.9. The summed E-state index contributed by atoms with van der Waals surface area (Å²) in [6, 6.07) is 10.7. The summed E-state index contributed by atoms with van der Waals surface area (Å²) in [6.45, 7) is 1.02. The molecule has 1 amide bonds. The molecule has 0 aliphatic carbocycles. The first-order chi connectivity index (χ1) is 10.7. The molecule has 0 saturated heterocycles. The zero-order valence-electron chi connectivity index (χ0n) is 11.4. The van der Waals surface area contributed by atoms with Crippen LogP contribution in [0.3, 0.4) is 0 Å². The third kappa shape index (κ3) is 3.37. The molecule has 0 atom stereocenters. The zero-order valence-corrected chi connectivity index (χ0v) is 13.0. The summed E-state index contributed by atoms with van der Waals surface area (Å²) < 4.78 is 2.28. The number of hydrogen-bond acceptors (Lipinski definition) is 6. The lowest BCUT2D eigenvalue weighted by atomic mass is 10.2. The quantitative estimate of drug-likeness (QED) is 0.661. The van der Waals surface area contributed by atoms with Gasteiger partial charge in [-0.2, -0.15) is 0 Å². The van der Waals surface area contributed by atoms with E-state index in [1.165, 1.54) is 4.63 Å². The smallest absolute Gasteiger partial charge is 0.251 e. The van der Waals surface area contributed by atoms with Crippen molar-refractivity contribution in [3.63, 3.8) is 0 Å². The van der Waals surface area contributed by atoms with Crippen LogP contribution in [-0.4, -0.2) is 44.3 Å². The number of benzene rings is 1. The van der Waals surface area contributed by atoms with Crippen molar-refractivity contribution in [1.29, 1.82) is 0 Å². The first-order valence-corrected chi connectivity index (χ1v) is 7.35. The Morgan fingerprint density at radius 1 is 1.14 bits per heavy atom. The van der Waals surface area contributed by atoms with Gasteiger partial charge >= 0.3 is 0 Å². The van der Waals surface area contributed by atoms with E-state index in [1.807, 2.05) is 12.1 Å². The first kappa shape index (κ1) is 14.4. The molecule has 8 nitrogen and oxygen atoms in total. The minimum absolute atomic E-state index is 0.113. The number of aromatic nitrogens is 5. The van der Waals surface area contributed by atoms with E-state index < -0.39 is 0 Å². The van der Waals surface area contributed by atoms with Gasteiger partial charge < -0.3 is 10.6 Å². The van der Waals surface area contributed by atoms with Crippen LogP contribution in [0.25, 0.3) is 5.65 Å². The second-order valence-electron chi connectivity index (χ2n) is 4.43. The van der Waals surface area contributed by atoms with Crippen molar-refractivity contribution in [3.05, 3.63) is 46.4 Å². The van der Waals surface area contributed by atoms with Crippen LogP contribution in [0.2, 0.25) is 0 Å². The molecule has 112 valence electrons. The lowest BCUT2D eigenvalue weighted by Crippen LogP contribution is -2.28. The maximum atomic E-state index is 11.9. The van der Waals surface area contributed by atoms with Gasteiger partial charge in [-0.1, -0.05) is 15.9 Å².